The number of benzene rings is 2. The van der Waals surface area contributed by atoms with E-state index < -0.39 is 5.41 Å². The summed E-state index contributed by atoms with van der Waals surface area (Å²) in [5.41, 5.74) is 1.59. The number of hydrogen-bond donors (Lipinski definition) is 0. The fourth-order valence-corrected chi connectivity index (χ4v) is 3.85. The number of ether oxygens (including phenoxy) is 2. The quantitative estimate of drug-likeness (QED) is 0.870. The molecule has 0 radical (unpaired) electrons. The molecule has 0 saturated carbocycles. The predicted molar refractivity (Wildman–Crippen MR) is 90.7 cm³/mol. The standard InChI is InChI=1S/C20H21NO3/c1-20(15-8-10-16(23-2)11-9-15)12-18-21(19(20)22)17(13-24-18)14-6-4-3-5-7-14/h3-11,17-18H,12-13H2,1-2H3/t17-,18-,20+/m1/s1. The van der Waals surface area contributed by atoms with E-state index in [9.17, 15) is 4.79 Å². The molecular formula is C20H21NO3. The summed E-state index contributed by atoms with van der Waals surface area (Å²) >= 11 is 0. The number of methoxy groups -OCH3 is 1. The molecule has 0 spiro atoms. The highest BCUT2D eigenvalue weighted by atomic mass is 16.5. The monoisotopic (exact) mass is 323 g/mol. The van der Waals surface area contributed by atoms with Crippen LogP contribution in [0.15, 0.2) is 54.6 Å². The lowest BCUT2D eigenvalue weighted by molar-refractivity contribution is -0.134. The molecule has 2 saturated heterocycles. The Morgan fingerprint density at radius 2 is 1.83 bits per heavy atom. The Bertz CT molecular complexity index is 743. The first kappa shape index (κ1) is 15.2. The van der Waals surface area contributed by atoms with Crippen LogP contribution in [0, 0.1) is 0 Å². The minimum Gasteiger partial charge on any atom is -0.497 e. The van der Waals surface area contributed by atoms with Crippen molar-refractivity contribution < 1.29 is 14.3 Å². The summed E-state index contributed by atoms with van der Waals surface area (Å²) in [5.74, 6) is 0.940. The highest BCUT2D eigenvalue weighted by Gasteiger charge is 2.55. The van der Waals surface area contributed by atoms with Crippen LogP contribution in [-0.4, -0.2) is 30.8 Å². The Labute approximate surface area is 142 Å². The molecule has 24 heavy (non-hydrogen) atoms. The minimum atomic E-state index is -0.551. The summed E-state index contributed by atoms with van der Waals surface area (Å²) in [5, 5.41) is 0. The molecule has 4 nitrogen and oxygen atoms in total. The third-order valence-corrected chi connectivity index (χ3v) is 5.29. The molecule has 2 fully saturated rings. The van der Waals surface area contributed by atoms with Gasteiger partial charge in [-0.1, -0.05) is 42.5 Å². The van der Waals surface area contributed by atoms with Gasteiger partial charge in [0, 0.05) is 6.42 Å². The third kappa shape index (κ3) is 2.21. The second-order valence-corrected chi connectivity index (χ2v) is 6.69. The van der Waals surface area contributed by atoms with Crippen LogP contribution in [0.25, 0.3) is 0 Å². The molecular weight excluding hydrogens is 302 g/mol. The van der Waals surface area contributed by atoms with Crippen LogP contribution in [0.4, 0.5) is 0 Å². The molecule has 0 aliphatic carbocycles. The summed E-state index contributed by atoms with van der Waals surface area (Å²) < 4.78 is 11.2. The van der Waals surface area contributed by atoms with Crippen LogP contribution in [0.3, 0.4) is 0 Å². The van der Waals surface area contributed by atoms with Crippen molar-refractivity contribution in [2.24, 2.45) is 0 Å². The van der Waals surface area contributed by atoms with E-state index in [0.29, 0.717) is 13.0 Å². The second-order valence-electron chi connectivity index (χ2n) is 6.69. The van der Waals surface area contributed by atoms with Crippen molar-refractivity contribution in [1.29, 1.82) is 0 Å². The first-order valence-electron chi connectivity index (χ1n) is 8.27. The largest absolute Gasteiger partial charge is 0.497 e. The molecule has 2 aliphatic heterocycles. The Morgan fingerprint density at radius 1 is 1.12 bits per heavy atom. The number of amides is 1. The van der Waals surface area contributed by atoms with Crippen LogP contribution in [0.1, 0.15) is 30.5 Å². The number of fused-ring (bicyclic) bond motifs is 1. The zero-order valence-corrected chi connectivity index (χ0v) is 13.9. The maximum absolute atomic E-state index is 13.3. The lowest BCUT2D eigenvalue weighted by Crippen LogP contribution is -2.37. The van der Waals surface area contributed by atoms with E-state index in [1.165, 1.54) is 0 Å². The van der Waals surface area contributed by atoms with Crippen LogP contribution in [-0.2, 0) is 14.9 Å². The van der Waals surface area contributed by atoms with E-state index in [-0.39, 0.29) is 18.2 Å². The zero-order chi connectivity index (χ0) is 16.7. The van der Waals surface area contributed by atoms with E-state index in [2.05, 4.69) is 12.1 Å². The Kier molecular flexibility index (Phi) is 3.57. The molecule has 1 amide bonds. The Hall–Kier alpha value is -2.33. The summed E-state index contributed by atoms with van der Waals surface area (Å²) in [6, 6.07) is 17.9. The van der Waals surface area contributed by atoms with E-state index in [1.54, 1.807) is 7.11 Å². The van der Waals surface area contributed by atoms with Crippen molar-refractivity contribution in [3.8, 4) is 5.75 Å². The third-order valence-electron chi connectivity index (χ3n) is 5.29. The first-order chi connectivity index (χ1) is 11.6. The van der Waals surface area contributed by atoms with Gasteiger partial charge >= 0.3 is 0 Å². The molecule has 2 aromatic rings. The van der Waals surface area contributed by atoms with E-state index in [1.807, 2.05) is 54.3 Å². The van der Waals surface area contributed by atoms with Gasteiger partial charge < -0.3 is 14.4 Å². The number of nitrogens with zero attached hydrogens (tertiary/aromatic N) is 1. The number of carbonyl (C=O) groups excluding carboxylic acids is 1. The topological polar surface area (TPSA) is 38.8 Å². The van der Waals surface area contributed by atoms with E-state index in [0.717, 1.165) is 16.9 Å². The molecule has 0 N–H and O–H groups in total. The van der Waals surface area contributed by atoms with Gasteiger partial charge in [0.1, 0.15) is 12.0 Å². The zero-order valence-electron chi connectivity index (χ0n) is 13.9. The van der Waals surface area contributed by atoms with E-state index >= 15 is 0 Å². The summed E-state index contributed by atoms with van der Waals surface area (Å²) in [4.78, 5) is 15.2. The lowest BCUT2D eigenvalue weighted by atomic mass is 9.80. The van der Waals surface area contributed by atoms with Crippen molar-refractivity contribution in [3.63, 3.8) is 0 Å². The van der Waals surface area contributed by atoms with Gasteiger partial charge in [-0.05, 0) is 30.2 Å². The fraction of sp³-hybridized carbons (Fsp3) is 0.350. The van der Waals surface area contributed by atoms with Crippen molar-refractivity contribution >= 4 is 5.91 Å². The number of carbonyl (C=O) groups is 1. The lowest BCUT2D eigenvalue weighted by Gasteiger charge is -2.27. The minimum absolute atomic E-state index is 0.00349. The Morgan fingerprint density at radius 3 is 2.50 bits per heavy atom. The molecule has 2 heterocycles. The van der Waals surface area contributed by atoms with Gasteiger partial charge in [-0.25, -0.2) is 0 Å². The molecule has 4 rings (SSSR count). The van der Waals surface area contributed by atoms with Crippen LogP contribution >= 0.6 is 0 Å². The molecule has 4 heteroatoms. The normalized spacial score (nSPS) is 28.9. The molecule has 124 valence electrons. The van der Waals surface area contributed by atoms with Gasteiger partial charge in [0.2, 0.25) is 5.91 Å². The molecule has 0 unspecified atom stereocenters. The second kappa shape index (κ2) is 5.64. The average Bonchev–Trinajstić information content (AvgIpc) is 3.15. The van der Waals surface area contributed by atoms with Crippen LogP contribution in [0.2, 0.25) is 0 Å². The van der Waals surface area contributed by atoms with Gasteiger partial charge in [-0.3, -0.25) is 4.79 Å². The summed E-state index contributed by atoms with van der Waals surface area (Å²) in [7, 11) is 1.64. The van der Waals surface area contributed by atoms with Gasteiger partial charge in [-0.15, -0.1) is 0 Å². The van der Waals surface area contributed by atoms with Crippen LogP contribution in [0.5, 0.6) is 5.75 Å². The van der Waals surface area contributed by atoms with Crippen molar-refractivity contribution in [2.45, 2.75) is 31.0 Å². The first-order valence-corrected chi connectivity index (χ1v) is 8.27. The smallest absolute Gasteiger partial charge is 0.235 e. The highest BCUT2D eigenvalue weighted by molar-refractivity contribution is 5.91. The van der Waals surface area contributed by atoms with E-state index in [4.69, 9.17) is 9.47 Å². The average molecular weight is 323 g/mol. The number of hydrogen-bond acceptors (Lipinski definition) is 3. The van der Waals surface area contributed by atoms with Gasteiger partial charge in [0.15, 0.2) is 0 Å². The Balaban J connectivity index is 1.66. The maximum atomic E-state index is 13.3. The summed E-state index contributed by atoms with van der Waals surface area (Å²) in [6.45, 7) is 2.58. The maximum Gasteiger partial charge on any atom is 0.235 e. The fourth-order valence-electron chi connectivity index (χ4n) is 3.85. The van der Waals surface area contributed by atoms with Crippen molar-refractivity contribution in [2.75, 3.05) is 13.7 Å². The highest BCUT2D eigenvalue weighted by Crippen LogP contribution is 2.46. The van der Waals surface area contributed by atoms with Crippen molar-refractivity contribution in [3.05, 3.63) is 65.7 Å². The van der Waals surface area contributed by atoms with Crippen molar-refractivity contribution in [1.82, 2.24) is 4.90 Å². The predicted octanol–water partition coefficient (Wildman–Crippen LogP) is 3.28. The number of rotatable bonds is 3. The van der Waals surface area contributed by atoms with Gasteiger partial charge in [0.25, 0.3) is 0 Å². The molecule has 2 aromatic carbocycles. The van der Waals surface area contributed by atoms with Gasteiger partial charge in [0.05, 0.1) is 25.2 Å². The molecule has 0 bridgehead atoms. The summed E-state index contributed by atoms with van der Waals surface area (Å²) in [6.07, 6.45) is 0.538. The SMILES string of the molecule is COc1ccc([C@]2(C)C[C@H]3OC[C@H](c4ccccc4)N3C2=O)cc1. The molecule has 2 aliphatic rings. The van der Waals surface area contributed by atoms with Gasteiger partial charge in [-0.2, -0.15) is 0 Å². The van der Waals surface area contributed by atoms with Crippen LogP contribution < -0.4 is 4.74 Å². The molecule has 0 aromatic heterocycles. The molecule has 3 atom stereocenters.